The Hall–Kier alpha value is -0.520. The maximum Gasteiger partial charge on any atom is -0.0167 e. The van der Waals surface area contributed by atoms with Crippen molar-refractivity contribution in [1.29, 1.82) is 0 Å². The van der Waals surface area contributed by atoms with Gasteiger partial charge < -0.3 is 0 Å². The molecule has 0 atom stereocenters. The largest absolute Gasteiger partial charge is 0.0882 e. The smallest absolute Gasteiger partial charge is 0.0167 e. The van der Waals surface area contributed by atoms with Crippen LogP contribution in [0.25, 0.3) is 0 Å². The van der Waals surface area contributed by atoms with Crippen molar-refractivity contribution in [3.8, 4) is 0 Å². The summed E-state index contributed by atoms with van der Waals surface area (Å²) in [7, 11) is 0. The molecule has 0 heterocycles. The number of rotatable bonds is 8. The monoisotopic (exact) mass is 193 g/mol. The molecule has 0 bridgehead atoms. The molecule has 0 aliphatic heterocycles. The molecule has 0 heteroatoms. The van der Waals surface area contributed by atoms with Crippen molar-refractivity contribution in [1.82, 2.24) is 0 Å². The summed E-state index contributed by atoms with van der Waals surface area (Å²) in [5.74, 6) is 0. The van der Waals surface area contributed by atoms with Gasteiger partial charge in [0.25, 0.3) is 0 Å². The quantitative estimate of drug-likeness (QED) is 0.373. The fraction of sp³-hybridized carbons (Fsp3) is 0.643. The standard InChI is InChI=1S/C14H25/c1-4-5-6-7-8-9-10-11-12-13-14(2)3/h10-11,13H,1,4-9,12H2,2-3H3. The minimum Gasteiger partial charge on any atom is -0.0882 e. The predicted octanol–water partition coefficient (Wildman–Crippen LogP) is 5.07. The van der Waals surface area contributed by atoms with Crippen LogP contribution < -0.4 is 0 Å². The van der Waals surface area contributed by atoms with E-state index in [1.54, 1.807) is 0 Å². The first kappa shape index (κ1) is 13.5. The second-order valence-electron chi connectivity index (χ2n) is 4.05. The third-order valence-corrected chi connectivity index (χ3v) is 2.20. The maximum atomic E-state index is 3.84. The normalized spacial score (nSPS) is 10.8. The average molecular weight is 193 g/mol. The zero-order valence-corrected chi connectivity index (χ0v) is 9.89. The minimum absolute atomic E-state index is 1.09. The van der Waals surface area contributed by atoms with Crippen LogP contribution in [0.4, 0.5) is 0 Å². The van der Waals surface area contributed by atoms with Gasteiger partial charge in [0.15, 0.2) is 0 Å². The van der Waals surface area contributed by atoms with Crippen LogP contribution in [0.15, 0.2) is 23.8 Å². The second kappa shape index (κ2) is 10.6. The Bertz CT molecular complexity index is 159. The molecular formula is C14H25. The van der Waals surface area contributed by atoms with E-state index in [0.717, 1.165) is 12.8 Å². The van der Waals surface area contributed by atoms with E-state index in [-0.39, 0.29) is 0 Å². The molecule has 1 radical (unpaired) electrons. The molecular weight excluding hydrogens is 168 g/mol. The van der Waals surface area contributed by atoms with E-state index >= 15 is 0 Å². The first-order valence-corrected chi connectivity index (χ1v) is 5.85. The van der Waals surface area contributed by atoms with Gasteiger partial charge in [0.1, 0.15) is 0 Å². The molecule has 0 unspecified atom stereocenters. The third kappa shape index (κ3) is 11.5. The van der Waals surface area contributed by atoms with Gasteiger partial charge in [-0.2, -0.15) is 0 Å². The molecule has 0 aliphatic carbocycles. The van der Waals surface area contributed by atoms with Crippen molar-refractivity contribution in [2.24, 2.45) is 0 Å². The van der Waals surface area contributed by atoms with Gasteiger partial charge >= 0.3 is 0 Å². The first-order chi connectivity index (χ1) is 6.77. The van der Waals surface area contributed by atoms with Crippen LogP contribution in [0, 0.1) is 6.92 Å². The first-order valence-electron chi connectivity index (χ1n) is 5.85. The fourth-order valence-corrected chi connectivity index (χ4v) is 1.31. The van der Waals surface area contributed by atoms with E-state index in [1.807, 2.05) is 0 Å². The Balaban J connectivity index is 3.15. The summed E-state index contributed by atoms with van der Waals surface area (Å²) in [4.78, 5) is 0. The van der Waals surface area contributed by atoms with Gasteiger partial charge in [-0.1, -0.05) is 56.4 Å². The highest BCUT2D eigenvalue weighted by molar-refractivity contribution is 4.98. The molecule has 0 amide bonds. The number of unbranched alkanes of at least 4 members (excludes halogenated alkanes) is 5. The van der Waals surface area contributed by atoms with E-state index in [9.17, 15) is 0 Å². The van der Waals surface area contributed by atoms with Crippen LogP contribution in [0.5, 0.6) is 0 Å². The van der Waals surface area contributed by atoms with Crippen molar-refractivity contribution in [2.45, 2.75) is 58.8 Å². The van der Waals surface area contributed by atoms with E-state index < -0.39 is 0 Å². The zero-order chi connectivity index (χ0) is 10.6. The topological polar surface area (TPSA) is 0 Å². The van der Waals surface area contributed by atoms with Gasteiger partial charge in [-0.05, 0) is 33.1 Å². The lowest BCUT2D eigenvalue weighted by Gasteiger charge is -1.95. The number of hydrogen-bond donors (Lipinski definition) is 0. The van der Waals surface area contributed by atoms with Crippen LogP contribution in [-0.2, 0) is 0 Å². The zero-order valence-electron chi connectivity index (χ0n) is 9.89. The number of allylic oxidation sites excluding steroid dienone is 4. The molecule has 0 N–H and O–H groups in total. The molecule has 0 saturated carbocycles. The number of hydrogen-bond acceptors (Lipinski definition) is 0. The van der Waals surface area contributed by atoms with Crippen LogP contribution >= 0.6 is 0 Å². The van der Waals surface area contributed by atoms with Crippen molar-refractivity contribution >= 4 is 0 Å². The van der Waals surface area contributed by atoms with Gasteiger partial charge in [0.05, 0.1) is 0 Å². The van der Waals surface area contributed by atoms with Crippen LogP contribution in [-0.4, -0.2) is 0 Å². The molecule has 0 nitrogen and oxygen atoms in total. The average Bonchev–Trinajstić information content (AvgIpc) is 2.15. The maximum absolute atomic E-state index is 3.84. The molecule has 0 spiro atoms. The second-order valence-corrected chi connectivity index (χ2v) is 4.05. The van der Waals surface area contributed by atoms with E-state index in [4.69, 9.17) is 0 Å². The van der Waals surface area contributed by atoms with Crippen LogP contribution in [0.1, 0.15) is 58.8 Å². The Labute approximate surface area is 90.1 Å². The molecule has 0 aromatic carbocycles. The highest BCUT2D eigenvalue weighted by Gasteiger charge is 1.85. The van der Waals surface area contributed by atoms with E-state index in [1.165, 1.54) is 37.7 Å². The van der Waals surface area contributed by atoms with Crippen LogP contribution in [0.3, 0.4) is 0 Å². The lowest BCUT2D eigenvalue weighted by Crippen LogP contribution is -1.75. The van der Waals surface area contributed by atoms with Crippen molar-refractivity contribution < 1.29 is 0 Å². The van der Waals surface area contributed by atoms with Crippen molar-refractivity contribution in [3.63, 3.8) is 0 Å². The highest BCUT2D eigenvalue weighted by atomic mass is 13.9. The van der Waals surface area contributed by atoms with Crippen molar-refractivity contribution in [3.05, 3.63) is 30.7 Å². The van der Waals surface area contributed by atoms with Gasteiger partial charge in [0.2, 0.25) is 0 Å². The Morgan fingerprint density at radius 2 is 1.71 bits per heavy atom. The Kier molecular flexibility index (Phi) is 10.2. The van der Waals surface area contributed by atoms with E-state index in [0.29, 0.717) is 0 Å². The third-order valence-electron chi connectivity index (χ3n) is 2.20. The molecule has 0 fully saturated rings. The fourth-order valence-electron chi connectivity index (χ4n) is 1.31. The molecule has 0 rings (SSSR count). The molecule has 0 aromatic heterocycles. The summed E-state index contributed by atoms with van der Waals surface area (Å²) < 4.78 is 0. The molecule has 0 saturated heterocycles. The van der Waals surface area contributed by atoms with Crippen molar-refractivity contribution in [2.75, 3.05) is 0 Å². The summed E-state index contributed by atoms with van der Waals surface area (Å²) in [6.07, 6.45) is 15.6. The van der Waals surface area contributed by atoms with Gasteiger partial charge in [-0.3, -0.25) is 0 Å². The Morgan fingerprint density at radius 3 is 2.36 bits per heavy atom. The minimum atomic E-state index is 1.09. The molecule has 0 aromatic rings. The summed E-state index contributed by atoms with van der Waals surface area (Å²) in [6.45, 7) is 8.13. The van der Waals surface area contributed by atoms with E-state index in [2.05, 4.69) is 39.0 Å². The molecule has 14 heavy (non-hydrogen) atoms. The molecule has 0 aliphatic rings. The SMILES string of the molecule is [CH2]CCCCCCC=CCC=C(C)C. The lowest BCUT2D eigenvalue weighted by atomic mass is 10.1. The lowest BCUT2D eigenvalue weighted by molar-refractivity contribution is 0.651. The summed E-state index contributed by atoms with van der Waals surface area (Å²) in [5, 5.41) is 0. The molecule has 81 valence electrons. The predicted molar refractivity (Wildman–Crippen MR) is 66.2 cm³/mol. The van der Waals surface area contributed by atoms with Gasteiger partial charge in [-0.15, -0.1) is 0 Å². The summed E-state index contributed by atoms with van der Waals surface area (Å²) in [5.41, 5.74) is 1.41. The summed E-state index contributed by atoms with van der Waals surface area (Å²) >= 11 is 0. The van der Waals surface area contributed by atoms with Crippen LogP contribution in [0.2, 0.25) is 0 Å². The van der Waals surface area contributed by atoms with Gasteiger partial charge in [-0.25, -0.2) is 0 Å². The van der Waals surface area contributed by atoms with Gasteiger partial charge in [0, 0.05) is 0 Å². The summed E-state index contributed by atoms with van der Waals surface area (Å²) in [6, 6.07) is 0. The Morgan fingerprint density at radius 1 is 1.00 bits per heavy atom. The highest BCUT2D eigenvalue weighted by Crippen LogP contribution is 2.05.